The maximum absolute atomic E-state index is 12.5. The van der Waals surface area contributed by atoms with Crippen molar-refractivity contribution in [1.82, 2.24) is 14.7 Å². The molecule has 0 spiro atoms. The number of likely N-dealkylation sites (tertiary alicyclic amines) is 2. The first-order valence-electron chi connectivity index (χ1n) is 9.50. The van der Waals surface area contributed by atoms with Crippen LogP contribution in [0, 0.1) is 11.8 Å². The largest absolute Gasteiger partial charge is 0.378 e. The maximum atomic E-state index is 12.5. The van der Waals surface area contributed by atoms with Crippen LogP contribution in [0.25, 0.3) is 0 Å². The van der Waals surface area contributed by atoms with Crippen LogP contribution in [0.5, 0.6) is 0 Å². The third kappa shape index (κ3) is 4.48. The first-order valence-corrected chi connectivity index (χ1v) is 9.50. The number of morpholine rings is 1. The van der Waals surface area contributed by atoms with Gasteiger partial charge in [0.25, 0.3) is 0 Å². The number of rotatable bonds is 3. The first-order chi connectivity index (χ1) is 11.6. The highest BCUT2D eigenvalue weighted by Gasteiger charge is 2.30. The van der Waals surface area contributed by atoms with Crippen LogP contribution in [-0.4, -0.2) is 85.5 Å². The lowest BCUT2D eigenvalue weighted by Crippen LogP contribution is -2.49. The van der Waals surface area contributed by atoms with Gasteiger partial charge in [-0.05, 0) is 44.7 Å². The molecule has 0 saturated carbocycles. The predicted octanol–water partition coefficient (Wildman–Crippen LogP) is 0.816. The second-order valence-electron chi connectivity index (χ2n) is 7.55. The summed E-state index contributed by atoms with van der Waals surface area (Å²) in [6.07, 6.45) is 4.00. The number of hydrogen-bond acceptors (Lipinski definition) is 4. The third-order valence-corrected chi connectivity index (χ3v) is 5.75. The minimum absolute atomic E-state index is 0.130. The number of nitrogens with zero attached hydrogens (tertiary/aromatic N) is 3. The number of carbonyl (C=O) groups is 2. The highest BCUT2D eigenvalue weighted by Crippen LogP contribution is 2.21. The fraction of sp³-hybridized carbons (Fsp3) is 0.889. The number of hydrogen-bond donors (Lipinski definition) is 0. The summed E-state index contributed by atoms with van der Waals surface area (Å²) in [5.74, 6) is 1.43. The average Bonchev–Trinajstić information content (AvgIpc) is 2.63. The molecule has 0 aromatic carbocycles. The van der Waals surface area contributed by atoms with Gasteiger partial charge >= 0.3 is 0 Å². The summed E-state index contributed by atoms with van der Waals surface area (Å²) < 4.78 is 5.32. The Hall–Kier alpha value is -1.14. The molecule has 136 valence electrons. The van der Waals surface area contributed by atoms with Crippen LogP contribution in [0.1, 0.15) is 32.6 Å². The Labute approximate surface area is 145 Å². The van der Waals surface area contributed by atoms with Crippen LogP contribution >= 0.6 is 0 Å². The van der Waals surface area contributed by atoms with Gasteiger partial charge in [0.05, 0.1) is 19.8 Å². The average molecular weight is 337 g/mol. The van der Waals surface area contributed by atoms with Gasteiger partial charge in [-0.1, -0.05) is 6.92 Å². The van der Waals surface area contributed by atoms with E-state index in [1.807, 2.05) is 9.80 Å². The van der Waals surface area contributed by atoms with Gasteiger partial charge in [-0.25, -0.2) is 0 Å². The molecule has 2 amide bonds. The second kappa shape index (κ2) is 8.30. The van der Waals surface area contributed by atoms with Crippen molar-refractivity contribution in [1.29, 1.82) is 0 Å². The van der Waals surface area contributed by atoms with Crippen LogP contribution in [-0.2, 0) is 14.3 Å². The highest BCUT2D eigenvalue weighted by molar-refractivity contribution is 5.79. The van der Waals surface area contributed by atoms with E-state index in [1.54, 1.807) is 0 Å². The van der Waals surface area contributed by atoms with Crippen LogP contribution in [0.4, 0.5) is 0 Å². The molecule has 6 nitrogen and oxygen atoms in total. The topological polar surface area (TPSA) is 53.1 Å². The molecule has 0 aliphatic carbocycles. The fourth-order valence-electron chi connectivity index (χ4n) is 3.93. The van der Waals surface area contributed by atoms with Gasteiger partial charge in [0.2, 0.25) is 11.8 Å². The lowest BCUT2D eigenvalue weighted by atomic mass is 9.95. The minimum atomic E-state index is 0.130. The summed E-state index contributed by atoms with van der Waals surface area (Å²) in [7, 11) is 0. The molecule has 0 radical (unpaired) electrons. The summed E-state index contributed by atoms with van der Waals surface area (Å²) in [5, 5.41) is 0. The normalized spacial score (nSPS) is 25.0. The minimum Gasteiger partial charge on any atom is -0.378 e. The molecular formula is C18H31N3O3. The van der Waals surface area contributed by atoms with Crippen molar-refractivity contribution in [2.24, 2.45) is 11.8 Å². The van der Waals surface area contributed by atoms with E-state index in [9.17, 15) is 9.59 Å². The summed E-state index contributed by atoms with van der Waals surface area (Å²) in [6, 6.07) is 0. The molecule has 0 bridgehead atoms. The van der Waals surface area contributed by atoms with Crippen molar-refractivity contribution >= 4 is 11.8 Å². The summed E-state index contributed by atoms with van der Waals surface area (Å²) in [5.41, 5.74) is 0. The molecule has 3 fully saturated rings. The van der Waals surface area contributed by atoms with Crippen molar-refractivity contribution in [2.75, 3.05) is 59.0 Å². The van der Waals surface area contributed by atoms with Gasteiger partial charge in [0.1, 0.15) is 0 Å². The van der Waals surface area contributed by atoms with Crippen molar-refractivity contribution in [3.8, 4) is 0 Å². The molecule has 0 aromatic rings. The van der Waals surface area contributed by atoms with E-state index < -0.39 is 0 Å². The molecule has 3 rings (SSSR count). The standard InChI is InChI=1S/C18H31N3O3/c1-15-2-8-20(9-3-15)17(22)14-19-6-4-16(5-7-19)18(23)21-10-12-24-13-11-21/h15-16H,2-14H2,1H3. The van der Waals surface area contributed by atoms with Crippen LogP contribution < -0.4 is 0 Å². The summed E-state index contributed by atoms with van der Waals surface area (Å²) in [6.45, 7) is 9.09. The summed E-state index contributed by atoms with van der Waals surface area (Å²) in [4.78, 5) is 31.2. The lowest BCUT2D eigenvalue weighted by Gasteiger charge is -2.36. The molecule has 3 saturated heterocycles. The molecule has 3 aliphatic heterocycles. The molecule has 0 atom stereocenters. The smallest absolute Gasteiger partial charge is 0.236 e. The number of ether oxygens (including phenoxy) is 1. The number of piperidine rings is 2. The van der Waals surface area contributed by atoms with E-state index in [2.05, 4.69) is 11.8 Å². The maximum Gasteiger partial charge on any atom is 0.236 e. The molecular weight excluding hydrogens is 306 g/mol. The van der Waals surface area contributed by atoms with Gasteiger partial charge in [-0.2, -0.15) is 0 Å². The Kier molecular flexibility index (Phi) is 6.11. The number of amides is 2. The molecule has 3 heterocycles. The van der Waals surface area contributed by atoms with Crippen LogP contribution in [0.2, 0.25) is 0 Å². The third-order valence-electron chi connectivity index (χ3n) is 5.75. The van der Waals surface area contributed by atoms with Crippen molar-refractivity contribution in [3.63, 3.8) is 0 Å². The summed E-state index contributed by atoms with van der Waals surface area (Å²) >= 11 is 0. The van der Waals surface area contributed by atoms with E-state index in [4.69, 9.17) is 4.74 Å². The van der Waals surface area contributed by atoms with E-state index in [1.165, 1.54) is 0 Å². The quantitative estimate of drug-likeness (QED) is 0.765. The Morgan fingerprint density at radius 2 is 1.50 bits per heavy atom. The van der Waals surface area contributed by atoms with E-state index in [0.717, 1.165) is 70.9 Å². The molecule has 0 aromatic heterocycles. The Morgan fingerprint density at radius 3 is 2.12 bits per heavy atom. The van der Waals surface area contributed by atoms with Gasteiger partial charge in [-0.3, -0.25) is 14.5 Å². The zero-order valence-corrected chi connectivity index (χ0v) is 14.9. The van der Waals surface area contributed by atoms with E-state index in [0.29, 0.717) is 19.8 Å². The zero-order valence-electron chi connectivity index (χ0n) is 14.9. The van der Waals surface area contributed by atoms with Crippen LogP contribution in [0.15, 0.2) is 0 Å². The zero-order chi connectivity index (χ0) is 16.9. The Bertz CT molecular complexity index is 435. The highest BCUT2D eigenvalue weighted by atomic mass is 16.5. The van der Waals surface area contributed by atoms with Crippen molar-refractivity contribution < 1.29 is 14.3 Å². The Balaban J connectivity index is 1.40. The molecule has 3 aliphatic rings. The predicted molar refractivity (Wildman–Crippen MR) is 91.5 cm³/mol. The Morgan fingerprint density at radius 1 is 0.875 bits per heavy atom. The molecule has 0 N–H and O–H groups in total. The number of carbonyl (C=O) groups excluding carboxylic acids is 2. The lowest BCUT2D eigenvalue weighted by molar-refractivity contribution is -0.141. The van der Waals surface area contributed by atoms with Gasteiger partial charge < -0.3 is 14.5 Å². The van der Waals surface area contributed by atoms with Gasteiger partial charge in [-0.15, -0.1) is 0 Å². The van der Waals surface area contributed by atoms with Gasteiger partial charge in [0.15, 0.2) is 0 Å². The van der Waals surface area contributed by atoms with Crippen LogP contribution in [0.3, 0.4) is 0 Å². The second-order valence-corrected chi connectivity index (χ2v) is 7.55. The molecule has 0 unspecified atom stereocenters. The molecule has 24 heavy (non-hydrogen) atoms. The SMILES string of the molecule is CC1CCN(C(=O)CN2CCC(C(=O)N3CCOCC3)CC2)CC1. The van der Waals surface area contributed by atoms with Crippen molar-refractivity contribution in [3.05, 3.63) is 0 Å². The van der Waals surface area contributed by atoms with E-state index >= 15 is 0 Å². The first kappa shape index (κ1) is 17.7. The molecule has 6 heteroatoms. The van der Waals surface area contributed by atoms with Crippen molar-refractivity contribution in [2.45, 2.75) is 32.6 Å². The van der Waals surface area contributed by atoms with Gasteiger partial charge in [0, 0.05) is 32.1 Å². The fourth-order valence-corrected chi connectivity index (χ4v) is 3.93. The monoisotopic (exact) mass is 337 g/mol. The van der Waals surface area contributed by atoms with E-state index in [-0.39, 0.29) is 17.7 Å².